The Kier molecular flexibility index (Phi) is 9.84. The summed E-state index contributed by atoms with van der Waals surface area (Å²) in [5.41, 5.74) is 2.36. The largest absolute Gasteiger partial charge is 0.490 e. The van der Waals surface area contributed by atoms with Crippen molar-refractivity contribution in [2.24, 2.45) is 4.99 Å². The van der Waals surface area contributed by atoms with Crippen molar-refractivity contribution in [3.63, 3.8) is 0 Å². The first-order valence-electron chi connectivity index (χ1n) is 11.8. The molecule has 0 radical (unpaired) electrons. The standard InChI is InChI=1S/C26H34N4O2.HI/c1-2-27-26(29-17-14-24(15-18-29)32-23-7-4-3-5-8-23)28-19-21-10-12-22(13-11-21)20-30-16-6-9-25(30)31;/h3-5,7-8,10-13,24H,2,6,9,14-20H2,1H3,(H,27,28);1H. The minimum Gasteiger partial charge on any atom is -0.490 e. The van der Waals surface area contributed by atoms with E-state index in [2.05, 4.69) is 41.4 Å². The summed E-state index contributed by atoms with van der Waals surface area (Å²) in [6.07, 6.45) is 3.91. The molecule has 2 aromatic rings. The number of halogens is 1. The molecule has 2 saturated heterocycles. The third kappa shape index (κ3) is 7.35. The highest BCUT2D eigenvalue weighted by Crippen LogP contribution is 2.19. The number of likely N-dealkylation sites (tertiary alicyclic amines) is 2. The summed E-state index contributed by atoms with van der Waals surface area (Å²) in [5, 5.41) is 3.44. The van der Waals surface area contributed by atoms with E-state index in [0.29, 0.717) is 19.5 Å². The molecular weight excluding hydrogens is 527 g/mol. The zero-order valence-corrected chi connectivity index (χ0v) is 21.7. The van der Waals surface area contributed by atoms with Gasteiger partial charge in [-0.15, -0.1) is 24.0 Å². The van der Waals surface area contributed by atoms with Gasteiger partial charge >= 0.3 is 0 Å². The number of para-hydroxylation sites is 1. The van der Waals surface area contributed by atoms with Gasteiger partial charge in [0.25, 0.3) is 0 Å². The molecule has 2 aliphatic rings. The highest BCUT2D eigenvalue weighted by Gasteiger charge is 2.23. The van der Waals surface area contributed by atoms with Crippen LogP contribution in [0.25, 0.3) is 0 Å². The van der Waals surface area contributed by atoms with Crippen molar-refractivity contribution in [1.29, 1.82) is 0 Å². The van der Waals surface area contributed by atoms with E-state index in [0.717, 1.165) is 57.2 Å². The zero-order chi connectivity index (χ0) is 22.2. The van der Waals surface area contributed by atoms with Crippen molar-refractivity contribution in [3.05, 3.63) is 65.7 Å². The lowest BCUT2D eigenvalue weighted by molar-refractivity contribution is -0.128. The number of nitrogens with zero attached hydrogens (tertiary/aromatic N) is 3. The summed E-state index contributed by atoms with van der Waals surface area (Å²) in [5.74, 6) is 2.19. The lowest BCUT2D eigenvalue weighted by Gasteiger charge is -2.34. The van der Waals surface area contributed by atoms with Crippen molar-refractivity contribution >= 4 is 35.8 Å². The summed E-state index contributed by atoms with van der Waals surface area (Å²) in [6, 6.07) is 18.6. The molecule has 0 unspecified atom stereocenters. The fourth-order valence-corrected chi connectivity index (χ4v) is 4.31. The van der Waals surface area contributed by atoms with Gasteiger partial charge in [-0.2, -0.15) is 0 Å². The zero-order valence-electron chi connectivity index (χ0n) is 19.4. The number of carbonyl (C=O) groups is 1. The molecular formula is C26H35IN4O2. The monoisotopic (exact) mass is 562 g/mol. The van der Waals surface area contributed by atoms with Gasteiger partial charge in [-0.05, 0) is 36.6 Å². The molecule has 0 saturated carbocycles. The molecule has 0 aromatic heterocycles. The topological polar surface area (TPSA) is 57.2 Å². The number of aliphatic imine (C=N–C) groups is 1. The average molecular weight is 562 g/mol. The number of carbonyl (C=O) groups excluding carboxylic acids is 1. The van der Waals surface area contributed by atoms with Gasteiger partial charge in [-0.3, -0.25) is 4.79 Å². The fraction of sp³-hybridized carbons (Fsp3) is 0.462. The molecule has 0 aliphatic carbocycles. The molecule has 1 N–H and O–H groups in total. The van der Waals surface area contributed by atoms with Gasteiger partial charge in [-0.25, -0.2) is 4.99 Å². The van der Waals surface area contributed by atoms with E-state index in [4.69, 9.17) is 9.73 Å². The van der Waals surface area contributed by atoms with Crippen LogP contribution in [0.15, 0.2) is 59.6 Å². The Morgan fingerprint density at radius 1 is 1.03 bits per heavy atom. The Balaban J connectivity index is 0.00000306. The molecule has 2 heterocycles. The minimum absolute atomic E-state index is 0. The maximum absolute atomic E-state index is 11.8. The van der Waals surface area contributed by atoms with Crippen LogP contribution in [0, 0.1) is 0 Å². The molecule has 0 atom stereocenters. The quantitative estimate of drug-likeness (QED) is 0.308. The molecule has 2 aliphatic heterocycles. The first-order chi connectivity index (χ1) is 15.7. The van der Waals surface area contributed by atoms with Crippen LogP contribution in [0.5, 0.6) is 5.75 Å². The van der Waals surface area contributed by atoms with Gasteiger partial charge in [0.15, 0.2) is 5.96 Å². The SMILES string of the molecule is CCNC(=NCc1ccc(CN2CCCC2=O)cc1)N1CCC(Oc2ccccc2)CC1.I. The second-order valence-corrected chi connectivity index (χ2v) is 8.52. The van der Waals surface area contributed by atoms with E-state index in [-0.39, 0.29) is 36.0 Å². The highest BCUT2D eigenvalue weighted by atomic mass is 127. The van der Waals surface area contributed by atoms with Crippen LogP contribution < -0.4 is 10.1 Å². The summed E-state index contributed by atoms with van der Waals surface area (Å²) >= 11 is 0. The maximum atomic E-state index is 11.8. The predicted octanol–water partition coefficient (Wildman–Crippen LogP) is 4.44. The Hall–Kier alpha value is -2.29. The maximum Gasteiger partial charge on any atom is 0.222 e. The van der Waals surface area contributed by atoms with Gasteiger partial charge in [0.05, 0.1) is 6.54 Å². The minimum atomic E-state index is 0. The van der Waals surface area contributed by atoms with E-state index in [1.54, 1.807) is 0 Å². The molecule has 0 spiro atoms. The summed E-state index contributed by atoms with van der Waals surface area (Å²) < 4.78 is 6.13. The van der Waals surface area contributed by atoms with Gasteiger partial charge in [-0.1, -0.05) is 42.5 Å². The predicted molar refractivity (Wildman–Crippen MR) is 143 cm³/mol. The molecule has 4 rings (SSSR count). The lowest BCUT2D eigenvalue weighted by atomic mass is 10.1. The number of nitrogens with one attached hydrogen (secondary N) is 1. The van der Waals surface area contributed by atoms with Crippen molar-refractivity contribution in [2.45, 2.75) is 51.8 Å². The lowest BCUT2D eigenvalue weighted by Crippen LogP contribution is -2.47. The molecule has 7 heteroatoms. The van der Waals surface area contributed by atoms with Crippen LogP contribution in [-0.2, 0) is 17.9 Å². The van der Waals surface area contributed by atoms with Crippen LogP contribution in [0.2, 0.25) is 0 Å². The van der Waals surface area contributed by atoms with Crippen molar-refractivity contribution in [1.82, 2.24) is 15.1 Å². The molecule has 6 nitrogen and oxygen atoms in total. The number of guanidine groups is 1. The first kappa shape index (κ1) is 25.3. The van der Waals surface area contributed by atoms with E-state index in [1.807, 2.05) is 35.2 Å². The number of benzene rings is 2. The van der Waals surface area contributed by atoms with E-state index in [9.17, 15) is 4.79 Å². The van der Waals surface area contributed by atoms with Crippen LogP contribution in [0.3, 0.4) is 0 Å². The Morgan fingerprint density at radius 3 is 2.36 bits per heavy atom. The number of hydrogen-bond donors (Lipinski definition) is 1. The molecule has 1 amide bonds. The van der Waals surface area contributed by atoms with Crippen LogP contribution >= 0.6 is 24.0 Å². The molecule has 2 fully saturated rings. The summed E-state index contributed by atoms with van der Waals surface area (Å²) in [6.45, 7) is 7.07. The van der Waals surface area contributed by atoms with Gasteiger partial charge in [0.1, 0.15) is 11.9 Å². The van der Waals surface area contributed by atoms with Gasteiger partial charge in [0.2, 0.25) is 5.91 Å². The van der Waals surface area contributed by atoms with Gasteiger partial charge in [0, 0.05) is 52.0 Å². The summed E-state index contributed by atoms with van der Waals surface area (Å²) in [7, 11) is 0. The summed E-state index contributed by atoms with van der Waals surface area (Å²) in [4.78, 5) is 21.0. The van der Waals surface area contributed by atoms with E-state index >= 15 is 0 Å². The smallest absolute Gasteiger partial charge is 0.222 e. The average Bonchev–Trinajstić information content (AvgIpc) is 3.23. The van der Waals surface area contributed by atoms with Crippen LogP contribution in [-0.4, -0.2) is 53.9 Å². The first-order valence-corrected chi connectivity index (χ1v) is 11.8. The Morgan fingerprint density at radius 2 is 1.73 bits per heavy atom. The molecule has 178 valence electrons. The van der Waals surface area contributed by atoms with Crippen molar-refractivity contribution < 1.29 is 9.53 Å². The van der Waals surface area contributed by atoms with Crippen LogP contribution in [0.1, 0.15) is 43.7 Å². The number of amides is 1. The molecule has 33 heavy (non-hydrogen) atoms. The van der Waals surface area contributed by atoms with Crippen LogP contribution in [0.4, 0.5) is 0 Å². The van der Waals surface area contributed by atoms with Crippen molar-refractivity contribution in [2.75, 3.05) is 26.2 Å². The number of rotatable bonds is 7. The van der Waals surface area contributed by atoms with Gasteiger partial charge < -0.3 is 19.9 Å². The molecule has 0 bridgehead atoms. The number of ether oxygens (including phenoxy) is 1. The Labute approximate surface area is 214 Å². The van der Waals surface area contributed by atoms with E-state index in [1.165, 1.54) is 11.1 Å². The Bertz CT molecular complexity index is 896. The number of piperidine rings is 1. The number of hydrogen-bond acceptors (Lipinski definition) is 3. The second-order valence-electron chi connectivity index (χ2n) is 8.52. The van der Waals surface area contributed by atoms with Crippen molar-refractivity contribution in [3.8, 4) is 5.75 Å². The molecule has 2 aromatic carbocycles. The highest BCUT2D eigenvalue weighted by molar-refractivity contribution is 14.0. The third-order valence-electron chi connectivity index (χ3n) is 6.10. The fourth-order valence-electron chi connectivity index (χ4n) is 4.31. The second kappa shape index (κ2) is 12.8. The third-order valence-corrected chi connectivity index (χ3v) is 6.10. The van der Waals surface area contributed by atoms with E-state index < -0.39 is 0 Å². The normalized spacial score (nSPS) is 17.1.